The topological polar surface area (TPSA) is 216 Å². The number of carbonyl (C=O) groups is 3. The van der Waals surface area contributed by atoms with Crippen LogP contribution < -0.4 is 27.1 Å². The Morgan fingerprint density at radius 2 is 1.85 bits per heavy atom. The molecule has 39 heavy (non-hydrogen) atoms. The summed E-state index contributed by atoms with van der Waals surface area (Å²) in [5, 5.41) is 9.64. The number of hydrogen-bond acceptors (Lipinski definition) is 7. The lowest BCUT2D eigenvalue weighted by molar-refractivity contribution is -0.192. The van der Waals surface area contributed by atoms with Crippen molar-refractivity contribution in [3.63, 3.8) is 0 Å². The molecule has 0 aliphatic rings. The Morgan fingerprint density at radius 3 is 2.38 bits per heavy atom. The number of aliphatic carboxylic acids is 1. The van der Waals surface area contributed by atoms with E-state index in [0.29, 0.717) is 25.7 Å². The Labute approximate surface area is 220 Å². The fraction of sp³-hybridized carbons (Fsp3) is 0.318. The highest BCUT2D eigenvalue weighted by molar-refractivity contribution is 7.92. The van der Waals surface area contributed by atoms with Gasteiger partial charge in [0.05, 0.1) is 10.9 Å². The van der Waals surface area contributed by atoms with Crippen LogP contribution in [0.3, 0.4) is 0 Å². The molecule has 1 atom stereocenters. The number of aromatic nitrogens is 1. The Morgan fingerprint density at radius 1 is 1.21 bits per heavy atom. The highest BCUT2D eigenvalue weighted by Crippen LogP contribution is 2.15. The Bertz CT molecular complexity index is 1360. The molecule has 0 aliphatic heterocycles. The minimum atomic E-state index is -5.08. The molecule has 1 aromatic carbocycles. The van der Waals surface area contributed by atoms with Crippen molar-refractivity contribution in [2.45, 2.75) is 43.4 Å². The molecule has 0 bridgehead atoms. The number of alkyl halides is 3. The fourth-order valence-electron chi connectivity index (χ4n) is 2.83. The Hall–Kier alpha value is -4.41. The van der Waals surface area contributed by atoms with Crippen LogP contribution in [0.4, 0.5) is 18.9 Å². The normalized spacial score (nSPS) is 11.8. The van der Waals surface area contributed by atoms with Gasteiger partial charge in [-0.25, -0.2) is 13.2 Å². The first-order valence-corrected chi connectivity index (χ1v) is 12.4. The molecule has 0 saturated heterocycles. The second-order valence-electron chi connectivity index (χ2n) is 7.84. The quantitative estimate of drug-likeness (QED) is 0.108. The predicted octanol–water partition coefficient (Wildman–Crippen LogP) is 0.328. The van der Waals surface area contributed by atoms with Gasteiger partial charge in [-0.05, 0) is 49.6 Å². The third-order valence-corrected chi connectivity index (χ3v) is 5.96. The highest BCUT2D eigenvalue weighted by atomic mass is 32.2. The van der Waals surface area contributed by atoms with Crippen molar-refractivity contribution in [1.29, 1.82) is 0 Å². The monoisotopic (exact) mass is 576 g/mol. The number of sulfonamides is 1. The first-order chi connectivity index (χ1) is 18.1. The van der Waals surface area contributed by atoms with Gasteiger partial charge in [0.15, 0.2) is 5.96 Å². The Kier molecular flexibility index (Phi) is 12.1. The molecule has 0 aliphatic carbocycles. The lowest BCUT2D eigenvalue weighted by Crippen LogP contribution is -2.40. The number of halogens is 3. The largest absolute Gasteiger partial charge is 0.490 e. The van der Waals surface area contributed by atoms with Crippen molar-refractivity contribution in [2.75, 3.05) is 11.3 Å². The molecule has 1 aromatic heterocycles. The number of benzene rings is 1. The van der Waals surface area contributed by atoms with Crippen molar-refractivity contribution in [1.82, 2.24) is 9.88 Å². The molecule has 7 N–H and O–H groups in total. The van der Waals surface area contributed by atoms with Crippen molar-refractivity contribution >= 4 is 39.8 Å². The summed E-state index contributed by atoms with van der Waals surface area (Å²) in [4.78, 5) is 48.9. The second kappa shape index (κ2) is 14.5. The van der Waals surface area contributed by atoms with Gasteiger partial charge >= 0.3 is 12.1 Å². The number of hydrogen-bond donors (Lipinski definition) is 5. The molecule has 1 heterocycles. The number of carboxylic acid groups (broad SMARTS) is 1. The zero-order valence-corrected chi connectivity index (χ0v) is 21.3. The number of carboxylic acids is 1. The number of nitrogens with zero attached hydrogens (tertiary/aromatic N) is 2. The third-order valence-electron chi connectivity index (χ3n) is 4.60. The average Bonchev–Trinajstić information content (AvgIpc) is 2.83. The molecule has 17 heteroatoms. The van der Waals surface area contributed by atoms with Gasteiger partial charge in [0.25, 0.3) is 15.6 Å². The van der Waals surface area contributed by atoms with Crippen molar-refractivity contribution < 1.29 is 41.1 Å². The highest BCUT2D eigenvalue weighted by Gasteiger charge is 2.38. The number of carbonyl (C=O) groups excluding carboxylic acids is 2. The number of aliphatic imine (C=N–C) groups is 1. The van der Waals surface area contributed by atoms with Gasteiger partial charge in [-0.3, -0.25) is 19.3 Å². The number of aldehydes is 1. The van der Waals surface area contributed by atoms with Crippen molar-refractivity contribution in [2.24, 2.45) is 16.5 Å². The van der Waals surface area contributed by atoms with Gasteiger partial charge in [-0.2, -0.15) is 13.2 Å². The molecule has 0 unspecified atom stereocenters. The van der Waals surface area contributed by atoms with Crippen molar-refractivity contribution in [3.8, 4) is 0 Å². The molecular formula is C22H27F3N6O7S. The third kappa shape index (κ3) is 11.7. The smallest absolute Gasteiger partial charge is 0.475 e. The summed E-state index contributed by atoms with van der Waals surface area (Å²) >= 11 is 0. The maximum atomic E-state index is 12.7. The summed E-state index contributed by atoms with van der Waals surface area (Å²) in [5.74, 6) is -3.40. The maximum Gasteiger partial charge on any atom is 0.490 e. The van der Waals surface area contributed by atoms with E-state index in [1.165, 1.54) is 30.5 Å². The van der Waals surface area contributed by atoms with Crippen LogP contribution in [0.25, 0.3) is 0 Å². The molecule has 0 spiro atoms. The molecule has 2 aromatic rings. The molecule has 2 rings (SSSR count). The van der Waals surface area contributed by atoms with Crippen LogP contribution in [0.5, 0.6) is 0 Å². The summed E-state index contributed by atoms with van der Waals surface area (Å²) in [6, 6.07) is 8.22. The lowest BCUT2D eigenvalue weighted by Gasteiger charge is -2.14. The van der Waals surface area contributed by atoms with E-state index in [1.54, 1.807) is 19.1 Å². The number of amides is 1. The van der Waals surface area contributed by atoms with Gasteiger partial charge in [-0.1, -0.05) is 12.1 Å². The number of aryl methyl sites for hydroxylation is 1. The van der Waals surface area contributed by atoms with Crippen LogP contribution in [0.2, 0.25) is 0 Å². The standard InChI is InChI=1S/C20H26N6O5S.C2HF3O2/c1-14-5-2-7-16(11-14)32(30,31)25-17-8-4-10-26(19(17)29)12-18(28)24-15(13-27)6-3-9-23-20(21)22;3-2(4,5)1(6)7/h2,4-5,7-8,10-11,13,15,25H,3,6,9,12H2,1H3,(H,24,28)(H4,21,22,23);(H,6,7)/t15-;/m0./s1. The number of rotatable bonds is 11. The summed E-state index contributed by atoms with van der Waals surface area (Å²) in [7, 11) is -3.98. The number of anilines is 1. The molecule has 0 saturated carbocycles. The van der Waals surface area contributed by atoms with E-state index >= 15 is 0 Å². The van der Waals surface area contributed by atoms with Gasteiger partial charge in [0.2, 0.25) is 5.91 Å². The van der Waals surface area contributed by atoms with E-state index in [0.717, 1.165) is 10.1 Å². The van der Waals surface area contributed by atoms with E-state index in [-0.39, 0.29) is 16.5 Å². The SMILES string of the molecule is Cc1cccc(S(=O)(=O)Nc2cccn(CC(=O)N[C@H](C=O)CCCN=C(N)N)c2=O)c1.O=C(O)C(F)(F)F. The fourth-order valence-corrected chi connectivity index (χ4v) is 3.99. The number of guanidine groups is 1. The zero-order valence-electron chi connectivity index (χ0n) is 20.5. The summed E-state index contributed by atoms with van der Waals surface area (Å²) in [6.07, 6.45) is -2.36. The van der Waals surface area contributed by atoms with Crippen LogP contribution in [-0.2, 0) is 31.0 Å². The van der Waals surface area contributed by atoms with Gasteiger partial charge in [0.1, 0.15) is 18.5 Å². The zero-order chi connectivity index (χ0) is 29.8. The predicted molar refractivity (Wildman–Crippen MR) is 134 cm³/mol. The number of nitrogens with two attached hydrogens (primary N) is 2. The van der Waals surface area contributed by atoms with E-state index in [4.69, 9.17) is 21.4 Å². The average molecular weight is 577 g/mol. The molecular weight excluding hydrogens is 549 g/mol. The maximum absolute atomic E-state index is 12.7. The molecule has 0 radical (unpaired) electrons. The molecule has 214 valence electrons. The minimum absolute atomic E-state index is 0.0135. The number of nitrogens with one attached hydrogen (secondary N) is 2. The van der Waals surface area contributed by atoms with Crippen LogP contribution in [0, 0.1) is 6.92 Å². The van der Waals surface area contributed by atoms with Crippen molar-refractivity contribution in [3.05, 3.63) is 58.5 Å². The first kappa shape index (κ1) is 32.6. The molecule has 1 amide bonds. The van der Waals surface area contributed by atoms with Crippen LogP contribution in [0.15, 0.2) is 57.3 Å². The van der Waals surface area contributed by atoms with Crippen LogP contribution >= 0.6 is 0 Å². The second-order valence-corrected chi connectivity index (χ2v) is 9.52. The summed E-state index contributed by atoms with van der Waals surface area (Å²) in [6.45, 7) is 1.67. The van der Waals surface area contributed by atoms with E-state index in [1.807, 2.05) is 0 Å². The van der Waals surface area contributed by atoms with E-state index in [2.05, 4.69) is 15.0 Å². The summed E-state index contributed by atoms with van der Waals surface area (Å²) < 4.78 is 60.2. The number of pyridine rings is 1. The van der Waals surface area contributed by atoms with Crippen LogP contribution in [0.1, 0.15) is 18.4 Å². The van der Waals surface area contributed by atoms with Gasteiger partial charge in [0, 0.05) is 12.7 Å². The summed E-state index contributed by atoms with van der Waals surface area (Å²) in [5.41, 5.74) is 10.3. The minimum Gasteiger partial charge on any atom is -0.475 e. The van der Waals surface area contributed by atoms with Gasteiger partial charge < -0.3 is 31.3 Å². The molecule has 0 fully saturated rings. The van der Waals surface area contributed by atoms with E-state index in [9.17, 15) is 36.0 Å². The van der Waals surface area contributed by atoms with Crippen LogP contribution in [-0.4, -0.2) is 61.0 Å². The Balaban J connectivity index is 0.000000956. The lowest BCUT2D eigenvalue weighted by atomic mass is 10.2. The first-order valence-electron chi connectivity index (χ1n) is 11.0. The van der Waals surface area contributed by atoms with E-state index < -0.39 is 46.2 Å². The van der Waals surface area contributed by atoms with Gasteiger partial charge in [-0.15, -0.1) is 0 Å². The molecule has 13 nitrogen and oxygen atoms in total.